The van der Waals surface area contributed by atoms with Crippen molar-refractivity contribution in [1.29, 1.82) is 0 Å². The number of carbonyl (C=O) groups is 3. The van der Waals surface area contributed by atoms with Crippen molar-refractivity contribution in [3.63, 3.8) is 0 Å². The van der Waals surface area contributed by atoms with Gasteiger partial charge in [0.25, 0.3) is 0 Å². The lowest BCUT2D eigenvalue weighted by molar-refractivity contribution is -0.184. The predicted molar refractivity (Wildman–Crippen MR) is 47.6 cm³/mol. The largest absolute Gasteiger partial charge is 0.468 e. The Kier molecular flexibility index (Phi) is 2.10. The molecule has 1 aliphatic carbocycles. The highest BCUT2D eigenvalue weighted by Gasteiger charge is 2.59. The second kappa shape index (κ2) is 3.18. The zero-order chi connectivity index (χ0) is 11.1. The molecule has 0 N–H and O–H groups in total. The molecule has 1 fully saturated rings. The summed E-state index contributed by atoms with van der Waals surface area (Å²) in [5.74, 6) is -2.11. The van der Waals surface area contributed by atoms with Gasteiger partial charge in [-0.25, -0.2) is 0 Å². The third kappa shape index (κ3) is 1.12. The van der Waals surface area contributed by atoms with Crippen LogP contribution in [0, 0.1) is 11.3 Å². The number of fused-ring (bicyclic) bond motifs is 2. The van der Waals surface area contributed by atoms with Gasteiger partial charge in [-0.2, -0.15) is 0 Å². The lowest BCUT2D eigenvalue weighted by atomic mass is 9.68. The average molecular weight is 210 g/mol. The molecule has 0 aromatic carbocycles. The molecule has 2 heterocycles. The molecule has 15 heavy (non-hydrogen) atoms. The van der Waals surface area contributed by atoms with Crippen LogP contribution in [0.4, 0.5) is 0 Å². The van der Waals surface area contributed by atoms with Gasteiger partial charge in [0.05, 0.1) is 7.11 Å². The normalized spacial score (nSPS) is 37.3. The fourth-order valence-electron chi connectivity index (χ4n) is 2.07. The van der Waals surface area contributed by atoms with Crippen LogP contribution in [0.3, 0.4) is 0 Å². The SMILES string of the molecule is COC(=O)[C@@]12C=C[C@@H](C[C@@H]1C=O)OC2=O. The first-order valence-corrected chi connectivity index (χ1v) is 4.59. The zero-order valence-electron chi connectivity index (χ0n) is 8.14. The Labute approximate surface area is 86.0 Å². The summed E-state index contributed by atoms with van der Waals surface area (Å²) in [5, 5.41) is 0. The Bertz CT molecular complexity index is 359. The van der Waals surface area contributed by atoms with Crippen molar-refractivity contribution in [1.82, 2.24) is 0 Å². The standard InChI is InChI=1S/C10H10O5/c1-14-8(12)10-3-2-7(15-9(10)13)4-6(10)5-11/h2-3,5-7H,4H2,1H3/t6-,7+,10-/m1/s1. The summed E-state index contributed by atoms with van der Waals surface area (Å²) in [6.45, 7) is 0. The molecule has 0 unspecified atom stereocenters. The molecule has 2 bridgehead atoms. The van der Waals surface area contributed by atoms with Crippen LogP contribution >= 0.6 is 0 Å². The molecule has 0 radical (unpaired) electrons. The van der Waals surface area contributed by atoms with E-state index in [4.69, 9.17) is 4.74 Å². The van der Waals surface area contributed by atoms with Crippen molar-refractivity contribution in [2.75, 3.05) is 7.11 Å². The van der Waals surface area contributed by atoms with Crippen LogP contribution in [-0.2, 0) is 23.9 Å². The summed E-state index contributed by atoms with van der Waals surface area (Å²) in [6, 6.07) is 0. The predicted octanol–water partition coefficient (Wildman–Crippen LogP) is -0.154. The van der Waals surface area contributed by atoms with Gasteiger partial charge in [-0.15, -0.1) is 0 Å². The number of hydrogen-bond donors (Lipinski definition) is 0. The second-order valence-corrected chi connectivity index (χ2v) is 3.64. The Balaban J connectivity index is 2.50. The van der Waals surface area contributed by atoms with Crippen molar-refractivity contribution < 1.29 is 23.9 Å². The van der Waals surface area contributed by atoms with Gasteiger partial charge in [0.2, 0.25) is 0 Å². The number of hydrogen-bond acceptors (Lipinski definition) is 5. The lowest BCUT2D eigenvalue weighted by Gasteiger charge is -2.41. The molecule has 5 heteroatoms. The van der Waals surface area contributed by atoms with Crippen LogP contribution in [0.2, 0.25) is 0 Å². The summed E-state index contributed by atoms with van der Waals surface area (Å²) in [6.07, 6.45) is 3.63. The molecule has 3 rings (SSSR count). The summed E-state index contributed by atoms with van der Waals surface area (Å²) >= 11 is 0. The maximum absolute atomic E-state index is 11.6. The van der Waals surface area contributed by atoms with E-state index >= 15 is 0 Å². The Morgan fingerprint density at radius 2 is 2.47 bits per heavy atom. The Hall–Kier alpha value is -1.65. The summed E-state index contributed by atoms with van der Waals surface area (Å²) in [5.41, 5.74) is -1.55. The monoisotopic (exact) mass is 210 g/mol. The molecule has 0 aromatic rings. The highest BCUT2D eigenvalue weighted by Crippen LogP contribution is 2.43. The average Bonchev–Trinajstić information content (AvgIpc) is 2.28. The minimum absolute atomic E-state index is 0.348. The molecular weight excluding hydrogens is 200 g/mol. The van der Waals surface area contributed by atoms with Gasteiger partial charge in [0.15, 0.2) is 5.41 Å². The van der Waals surface area contributed by atoms with Gasteiger partial charge in [0.1, 0.15) is 12.4 Å². The smallest absolute Gasteiger partial charge is 0.328 e. The topological polar surface area (TPSA) is 69.7 Å². The van der Waals surface area contributed by atoms with Crippen LogP contribution in [0.5, 0.6) is 0 Å². The number of aldehydes is 1. The third-order valence-corrected chi connectivity index (χ3v) is 2.93. The van der Waals surface area contributed by atoms with Gasteiger partial charge < -0.3 is 14.3 Å². The van der Waals surface area contributed by atoms with E-state index in [-0.39, 0.29) is 6.10 Å². The van der Waals surface area contributed by atoms with E-state index in [9.17, 15) is 14.4 Å². The number of rotatable bonds is 2. The number of methoxy groups -OCH3 is 1. The molecule has 0 amide bonds. The van der Waals surface area contributed by atoms with Gasteiger partial charge in [-0.3, -0.25) is 9.59 Å². The molecule has 0 spiro atoms. The van der Waals surface area contributed by atoms with Crippen LogP contribution in [0.15, 0.2) is 12.2 Å². The summed E-state index contributed by atoms with van der Waals surface area (Å²) < 4.78 is 9.52. The highest BCUT2D eigenvalue weighted by atomic mass is 16.6. The van der Waals surface area contributed by atoms with Gasteiger partial charge in [-0.05, 0) is 12.5 Å². The first-order valence-electron chi connectivity index (χ1n) is 4.59. The quantitative estimate of drug-likeness (QED) is 0.274. The molecule has 80 valence electrons. The number of carbonyl (C=O) groups excluding carboxylic acids is 3. The minimum Gasteiger partial charge on any atom is -0.468 e. The Morgan fingerprint density at radius 3 is 3.00 bits per heavy atom. The van der Waals surface area contributed by atoms with Crippen molar-refractivity contribution in [3.8, 4) is 0 Å². The van der Waals surface area contributed by atoms with Crippen molar-refractivity contribution in [2.45, 2.75) is 12.5 Å². The van der Waals surface area contributed by atoms with E-state index in [0.717, 1.165) is 0 Å². The summed E-state index contributed by atoms with van der Waals surface area (Å²) in [4.78, 5) is 34.1. The van der Waals surface area contributed by atoms with Crippen LogP contribution in [0.1, 0.15) is 6.42 Å². The molecule has 2 aliphatic heterocycles. The van der Waals surface area contributed by atoms with Crippen LogP contribution in [-0.4, -0.2) is 31.4 Å². The van der Waals surface area contributed by atoms with Crippen molar-refractivity contribution >= 4 is 18.2 Å². The summed E-state index contributed by atoms with van der Waals surface area (Å²) in [7, 11) is 1.18. The van der Waals surface area contributed by atoms with Gasteiger partial charge in [0, 0.05) is 5.92 Å². The first kappa shape index (κ1) is 9.89. The first-order chi connectivity index (χ1) is 7.15. The zero-order valence-corrected chi connectivity index (χ0v) is 8.14. The van der Waals surface area contributed by atoms with Gasteiger partial charge in [-0.1, -0.05) is 6.08 Å². The third-order valence-electron chi connectivity index (χ3n) is 2.93. The molecule has 0 aromatic heterocycles. The van der Waals surface area contributed by atoms with Crippen LogP contribution in [0.25, 0.3) is 0 Å². The van der Waals surface area contributed by atoms with Crippen molar-refractivity contribution in [2.24, 2.45) is 11.3 Å². The maximum Gasteiger partial charge on any atom is 0.328 e. The van der Waals surface area contributed by atoms with E-state index in [2.05, 4.69) is 4.74 Å². The van der Waals surface area contributed by atoms with E-state index < -0.39 is 23.3 Å². The number of ether oxygens (including phenoxy) is 2. The molecule has 1 saturated heterocycles. The minimum atomic E-state index is -1.55. The molecule has 3 atom stereocenters. The van der Waals surface area contributed by atoms with E-state index in [0.29, 0.717) is 12.7 Å². The lowest BCUT2D eigenvalue weighted by Crippen LogP contribution is -2.55. The van der Waals surface area contributed by atoms with E-state index in [1.165, 1.54) is 13.2 Å². The van der Waals surface area contributed by atoms with Gasteiger partial charge >= 0.3 is 11.9 Å². The maximum atomic E-state index is 11.6. The fraction of sp³-hybridized carbons (Fsp3) is 0.500. The highest BCUT2D eigenvalue weighted by molar-refractivity contribution is 6.06. The van der Waals surface area contributed by atoms with E-state index in [1.54, 1.807) is 6.08 Å². The molecule has 0 saturated carbocycles. The van der Waals surface area contributed by atoms with Crippen LogP contribution < -0.4 is 0 Å². The molecular formula is C10H10O5. The Morgan fingerprint density at radius 1 is 1.73 bits per heavy atom. The fourth-order valence-corrected chi connectivity index (χ4v) is 2.07. The molecule has 3 aliphatic rings. The van der Waals surface area contributed by atoms with E-state index in [1.807, 2.05) is 0 Å². The number of esters is 2. The molecule has 5 nitrogen and oxygen atoms in total. The van der Waals surface area contributed by atoms with Crippen molar-refractivity contribution in [3.05, 3.63) is 12.2 Å². The second-order valence-electron chi connectivity index (χ2n) is 3.64.